The molecule has 3 heteroatoms. The Hall–Kier alpha value is -1.38. The van der Waals surface area contributed by atoms with Crippen molar-refractivity contribution in [1.82, 2.24) is 0 Å². The molecule has 146 valence electrons. The third-order valence-corrected chi connectivity index (χ3v) is 5.04. The molecule has 0 fully saturated rings. The lowest BCUT2D eigenvalue weighted by atomic mass is 9.79. The summed E-state index contributed by atoms with van der Waals surface area (Å²) < 4.78 is 7.69. The monoisotopic (exact) mass is 360 g/mol. The van der Waals surface area contributed by atoms with Crippen molar-refractivity contribution in [3.05, 3.63) is 37.0 Å². The van der Waals surface area contributed by atoms with Gasteiger partial charge in [-0.05, 0) is 64.4 Å². The number of carbonyl (C=O) groups is 1. The van der Waals surface area contributed by atoms with Crippen molar-refractivity contribution in [2.24, 2.45) is 5.41 Å². The van der Waals surface area contributed by atoms with E-state index in [1.807, 2.05) is 13.8 Å². The highest BCUT2D eigenvalue weighted by Gasteiger charge is 2.32. The van der Waals surface area contributed by atoms with Crippen LogP contribution in [-0.4, -0.2) is 12.6 Å². The lowest BCUT2D eigenvalue weighted by Crippen LogP contribution is -2.33. The van der Waals surface area contributed by atoms with Gasteiger partial charge in [0.2, 0.25) is 0 Å². The van der Waals surface area contributed by atoms with Crippen molar-refractivity contribution in [2.45, 2.75) is 91.5 Å². The molecule has 1 aromatic rings. The summed E-state index contributed by atoms with van der Waals surface area (Å²) in [5.41, 5.74) is 0.850. The zero-order valence-corrected chi connectivity index (χ0v) is 17.3. The number of hydrogen-bond acceptors (Lipinski definition) is 2. The van der Waals surface area contributed by atoms with Gasteiger partial charge in [-0.15, -0.1) is 0 Å². The van der Waals surface area contributed by atoms with Gasteiger partial charge in [-0.3, -0.25) is 4.79 Å². The molecule has 1 unspecified atom stereocenters. The van der Waals surface area contributed by atoms with Gasteiger partial charge in [0.25, 0.3) is 0 Å². The smallest absolute Gasteiger partial charge is 0.311 e. The molecule has 0 saturated carbocycles. The molecule has 1 heterocycles. The number of unbranched alkanes of at least 4 members (excludes halogenated alkanes) is 4. The molecule has 3 nitrogen and oxygen atoms in total. The number of aromatic nitrogens is 1. The second-order valence-electron chi connectivity index (χ2n) is 7.90. The second-order valence-corrected chi connectivity index (χ2v) is 7.90. The third kappa shape index (κ3) is 7.88. The maximum atomic E-state index is 12.4. The van der Waals surface area contributed by atoms with Gasteiger partial charge in [-0.25, -0.2) is 4.57 Å². The van der Waals surface area contributed by atoms with Crippen LogP contribution in [0.1, 0.15) is 90.5 Å². The number of esters is 1. The van der Waals surface area contributed by atoms with E-state index in [-0.39, 0.29) is 5.97 Å². The number of rotatable bonds is 13. The fourth-order valence-corrected chi connectivity index (χ4v) is 3.21. The molecular formula is C23H38NO2+. The molecule has 0 amide bonds. The fraction of sp³-hybridized carbons (Fsp3) is 0.696. The van der Waals surface area contributed by atoms with E-state index in [1.165, 1.54) is 12.0 Å². The maximum Gasteiger partial charge on any atom is 0.311 e. The molecule has 2 radical (unpaired) electrons. The largest absolute Gasteiger partial charge is 0.465 e. The number of nitrogens with zero attached hydrogens (tertiary/aromatic N) is 1. The summed E-state index contributed by atoms with van der Waals surface area (Å²) in [7, 11) is 0. The summed E-state index contributed by atoms with van der Waals surface area (Å²) in [5.74, 6) is 0.297. The highest BCUT2D eigenvalue weighted by atomic mass is 16.5. The standard InChI is InChI=1S/C23H38NO2/c1-6-9-11-12-15-24-16-13-21(14-17-24)20(8-3)19-23(4,5)22(25)26-18-10-7-2/h1,13-14,16-17,20H,6-12,15,18-19H2,2-5H3/q+1. The SMILES string of the molecule is [CH]CCCCC[n+]1ccc(C(CC)CC(C)(C)C(=O)OCCCC)cc1. The predicted octanol–water partition coefficient (Wildman–Crippen LogP) is 5.50. The van der Waals surface area contributed by atoms with Crippen molar-refractivity contribution < 1.29 is 14.1 Å². The Labute approximate surface area is 161 Å². The van der Waals surface area contributed by atoms with E-state index in [2.05, 4.69) is 42.9 Å². The van der Waals surface area contributed by atoms with Gasteiger partial charge >= 0.3 is 5.97 Å². The molecule has 0 aliphatic heterocycles. The summed E-state index contributed by atoms with van der Waals surface area (Å²) in [6.07, 6.45) is 12.3. The molecule has 0 bridgehead atoms. The normalized spacial score (nSPS) is 12.8. The highest BCUT2D eigenvalue weighted by Crippen LogP contribution is 2.34. The highest BCUT2D eigenvalue weighted by molar-refractivity contribution is 5.76. The predicted molar refractivity (Wildman–Crippen MR) is 107 cm³/mol. The van der Waals surface area contributed by atoms with Crippen molar-refractivity contribution in [1.29, 1.82) is 0 Å². The van der Waals surface area contributed by atoms with E-state index in [4.69, 9.17) is 11.7 Å². The zero-order valence-electron chi connectivity index (χ0n) is 17.3. The first-order chi connectivity index (χ1) is 12.4. The minimum atomic E-state index is -0.456. The quantitative estimate of drug-likeness (QED) is 0.264. The number of ether oxygens (including phenoxy) is 1. The molecule has 26 heavy (non-hydrogen) atoms. The molecule has 0 N–H and O–H groups in total. The first-order valence-electron chi connectivity index (χ1n) is 10.3. The Balaban J connectivity index is 2.62. The topological polar surface area (TPSA) is 30.2 Å². The minimum Gasteiger partial charge on any atom is -0.465 e. The van der Waals surface area contributed by atoms with Crippen LogP contribution < -0.4 is 4.57 Å². The molecule has 0 aliphatic rings. The Bertz CT molecular complexity index is 507. The van der Waals surface area contributed by atoms with Gasteiger partial charge < -0.3 is 4.74 Å². The van der Waals surface area contributed by atoms with Crippen LogP contribution in [0, 0.1) is 12.3 Å². The second kappa shape index (κ2) is 12.1. The van der Waals surface area contributed by atoms with E-state index in [0.717, 1.165) is 51.5 Å². The molecule has 0 aliphatic carbocycles. The van der Waals surface area contributed by atoms with E-state index >= 15 is 0 Å². The van der Waals surface area contributed by atoms with Gasteiger partial charge in [-0.1, -0.05) is 26.7 Å². The van der Waals surface area contributed by atoms with Crippen LogP contribution >= 0.6 is 0 Å². The number of hydrogen-bond donors (Lipinski definition) is 0. The van der Waals surface area contributed by atoms with Gasteiger partial charge in [0.15, 0.2) is 12.4 Å². The lowest BCUT2D eigenvalue weighted by molar-refractivity contribution is -0.697. The van der Waals surface area contributed by atoms with Crippen LogP contribution in [0.3, 0.4) is 0 Å². The molecule has 1 rings (SSSR count). The Morgan fingerprint density at radius 1 is 1.15 bits per heavy atom. The van der Waals surface area contributed by atoms with Crippen LogP contribution in [0.5, 0.6) is 0 Å². The average Bonchev–Trinajstić information content (AvgIpc) is 2.64. The summed E-state index contributed by atoms with van der Waals surface area (Å²) >= 11 is 0. The van der Waals surface area contributed by atoms with Gasteiger partial charge in [0, 0.05) is 18.6 Å². The first kappa shape index (κ1) is 22.7. The van der Waals surface area contributed by atoms with E-state index in [0.29, 0.717) is 12.5 Å². The third-order valence-electron chi connectivity index (χ3n) is 5.04. The molecular weight excluding hydrogens is 322 g/mol. The molecule has 0 saturated heterocycles. The summed E-state index contributed by atoms with van der Waals surface area (Å²) in [6, 6.07) is 4.41. The van der Waals surface area contributed by atoms with E-state index in [9.17, 15) is 4.79 Å². The van der Waals surface area contributed by atoms with Crippen molar-refractivity contribution >= 4 is 5.97 Å². The van der Waals surface area contributed by atoms with Crippen molar-refractivity contribution in [3.63, 3.8) is 0 Å². The zero-order chi connectivity index (χ0) is 19.4. The van der Waals surface area contributed by atoms with Crippen molar-refractivity contribution in [2.75, 3.05) is 6.61 Å². The Kier molecular flexibility index (Phi) is 10.5. The van der Waals surface area contributed by atoms with Crippen LogP contribution in [-0.2, 0) is 16.1 Å². The maximum absolute atomic E-state index is 12.4. The molecule has 0 aromatic carbocycles. The summed E-state index contributed by atoms with van der Waals surface area (Å²) in [5, 5.41) is 0. The lowest BCUT2D eigenvalue weighted by Gasteiger charge is -2.27. The number of aryl methyl sites for hydroxylation is 1. The molecule has 0 spiro atoms. The number of carbonyl (C=O) groups excluding carboxylic acids is 1. The Morgan fingerprint density at radius 3 is 2.42 bits per heavy atom. The van der Waals surface area contributed by atoms with Gasteiger partial charge in [0.05, 0.1) is 12.0 Å². The summed E-state index contributed by atoms with van der Waals surface area (Å²) in [6.45, 7) is 15.4. The van der Waals surface area contributed by atoms with Crippen LogP contribution in [0.4, 0.5) is 0 Å². The van der Waals surface area contributed by atoms with Crippen molar-refractivity contribution in [3.8, 4) is 0 Å². The van der Waals surface area contributed by atoms with Crippen LogP contribution in [0.25, 0.3) is 0 Å². The Morgan fingerprint density at radius 2 is 1.85 bits per heavy atom. The first-order valence-corrected chi connectivity index (χ1v) is 10.3. The van der Waals surface area contributed by atoms with Gasteiger partial charge in [-0.2, -0.15) is 0 Å². The average molecular weight is 361 g/mol. The van der Waals surface area contributed by atoms with E-state index < -0.39 is 5.41 Å². The van der Waals surface area contributed by atoms with Gasteiger partial charge in [0.1, 0.15) is 6.54 Å². The van der Waals surface area contributed by atoms with E-state index in [1.54, 1.807) is 0 Å². The molecule has 1 aromatic heterocycles. The number of pyridine rings is 1. The minimum absolute atomic E-state index is 0.0738. The van der Waals surface area contributed by atoms with Crippen LogP contribution in [0.2, 0.25) is 0 Å². The van der Waals surface area contributed by atoms with Crippen LogP contribution in [0.15, 0.2) is 24.5 Å². The summed E-state index contributed by atoms with van der Waals surface area (Å²) in [4.78, 5) is 12.4. The molecule has 1 atom stereocenters. The fourth-order valence-electron chi connectivity index (χ4n) is 3.21.